The van der Waals surface area contributed by atoms with Crippen molar-refractivity contribution in [1.29, 1.82) is 0 Å². The Morgan fingerprint density at radius 1 is 1.19 bits per heavy atom. The van der Waals surface area contributed by atoms with Gasteiger partial charge in [-0.3, -0.25) is 4.98 Å². The van der Waals surface area contributed by atoms with Crippen LogP contribution in [0.25, 0.3) is 0 Å². The maximum absolute atomic E-state index is 4.26. The number of nitrogens with zero attached hydrogens (tertiary/aromatic N) is 1. The number of pyridine rings is 1. The van der Waals surface area contributed by atoms with Gasteiger partial charge in [0.1, 0.15) is 0 Å². The Morgan fingerprint density at radius 2 is 2.05 bits per heavy atom. The van der Waals surface area contributed by atoms with E-state index >= 15 is 0 Å². The van der Waals surface area contributed by atoms with E-state index in [2.05, 4.69) is 28.6 Å². The van der Waals surface area contributed by atoms with Crippen molar-refractivity contribution in [3.05, 3.63) is 30.1 Å². The minimum Gasteiger partial charge on any atom is -0.314 e. The Labute approximate surface area is 128 Å². The molecule has 1 saturated heterocycles. The third-order valence-corrected chi connectivity index (χ3v) is 5.33. The fourth-order valence-electron chi connectivity index (χ4n) is 4.14. The summed E-state index contributed by atoms with van der Waals surface area (Å²) in [5.41, 5.74) is 1.30. The molecule has 1 aromatic rings. The van der Waals surface area contributed by atoms with Crippen LogP contribution in [0.5, 0.6) is 0 Å². The molecule has 0 radical (unpaired) electrons. The average molecular weight is 287 g/mol. The standard InChI is InChI=1S/C18H29N3/c1-14(15-7-6-11-19-13-15)21-18-10-3-2-8-16(18)17-9-4-5-12-20-17/h6-7,11,13-14,16-18,20-21H,2-5,8-10,12H2,1H3/t14-,16?,17?,18?/m0/s1. The number of aromatic nitrogens is 1. The Morgan fingerprint density at radius 3 is 2.81 bits per heavy atom. The molecule has 3 heteroatoms. The summed E-state index contributed by atoms with van der Waals surface area (Å²) >= 11 is 0. The predicted molar refractivity (Wildman–Crippen MR) is 87.2 cm³/mol. The molecule has 4 atom stereocenters. The first-order valence-electron chi connectivity index (χ1n) is 8.74. The van der Waals surface area contributed by atoms with Crippen LogP contribution in [-0.4, -0.2) is 23.6 Å². The second-order valence-corrected chi connectivity index (χ2v) is 6.79. The highest BCUT2D eigenvalue weighted by molar-refractivity contribution is 5.13. The molecular weight excluding hydrogens is 258 g/mol. The highest BCUT2D eigenvalue weighted by Crippen LogP contribution is 2.31. The number of piperidine rings is 1. The second-order valence-electron chi connectivity index (χ2n) is 6.79. The van der Waals surface area contributed by atoms with Gasteiger partial charge in [-0.1, -0.05) is 25.3 Å². The van der Waals surface area contributed by atoms with E-state index in [0.717, 1.165) is 12.0 Å². The van der Waals surface area contributed by atoms with Crippen molar-refractivity contribution < 1.29 is 0 Å². The molecule has 3 unspecified atom stereocenters. The van der Waals surface area contributed by atoms with Crippen LogP contribution in [0.15, 0.2) is 24.5 Å². The summed E-state index contributed by atoms with van der Waals surface area (Å²) < 4.78 is 0. The van der Waals surface area contributed by atoms with E-state index in [1.54, 1.807) is 0 Å². The molecule has 3 rings (SSSR count). The molecule has 0 bridgehead atoms. The van der Waals surface area contributed by atoms with Gasteiger partial charge in [0.05, 0.1) is 0 Å². The molecule has 0 amide bonds. The summed E-state index contributed by atoms with van der Waals surface area (Å²) in [6.07, 6.45) is 13.5. The Balaban J connectivity index is 1.63. The van der Waals surface area contributed by atoms with Crippen LogP contribution in [0.3, 0.4) is 0 Å². The molecule has 2 aliphatic rings. The van der Waals surface area contributed by atoms with Gasteiger partial charge < -0.3 is 10.6 Å². The average Bonchev–Trinajstić information content (AvgIpc) is 2.57. The lowest BCUT2D eigenvalue weighted by Gasteiger charge is -2.41. The van der Waals surface area contributed by atoms with Crippen molar-refractivity contribution in [1.82, 2.24) is 15.6 Å². The zero-order valence-corrected chi connectivity index (χ0v) is 13.2. The zero-order valence-electron chi connectivity index (χ0n) is 13.2. The highest BCUT2D eigenvalue weighted by atomic mass is 15.0. The third kappa shape index (κ3) is 3.83. The molecular formula is C18H29N3. The predicted octanol–water partition coefficient (Wildman–Crippen LogP) is 3.43. The molecule has 0 aromatic carbocycles. The normalized spacial score (nSPS) is 31.8. The summed E-state index contributed by atoms with van der Waals surface area (Å²) in [5.74, 6) is 0.804. The lowest BCUT2D eigenvalue weighted by atomic mass is 9.77. The van der Waals surface area contributed by atoms with Crippen molar-refractivity contribution in [3.63, 3.8) is 0 Å². The van der Waals surface area contributed by atoms with E-state index in [1.807, 2.05) is 18.5 Å². The van der Waals surface area contributed by atoms with Gasteiger partial charge in [-0.15, -0.1) is 0 Å². The van der Waals surface area contributed by atoms with Gasteiger partial charge in [0.2, 0.25) is 0 Å². The van der Waals surface area contributed by atoms with Crippen LogP contribution in [-0.2, 0) is 0 Å². The topological polar surface area (TPSA) is 37.0 Å². The molecule has 3 nitrogen and oxygen atoms in total. The second kappa shape index (κ2) is 7.37. The van der Waals surface area contributed by atoms with Gasteiger partial charge in [0.25, 0.3) is 0 Å². The zero-order chi connectivity index (χ0) is 14.5. The van der Waals surface area contributed by atoms with E-state index in [1.165, 1.54) is 57.1 Å². The summed E-state index contributed by atoms with van der Waals surface area (Å²) in [7, 11) is 0. The minimum absolute atomic E-state index is 0.396. The molecule has 1 saturated carbocycles. The largest absolute Gasteiger partial charge is 0.314 e. The molecule has 2 heterocycles. The van der Waals surface area contributed by atoms with Crippen LogP contribution < -0.4 is 10.6 Å². The van der Waals surface area contributed by atoms with Crippen LogP contribution in [0, 0.1) is 5.92 Å². The molecule has 2 N–H and O–H groups in total. The fraction of sp³-hybridized carbons (Fsp3) is 0.722. The summed E-state index contributed by atoms with van der Waals surface area (Å²) in [6, 6.07) is 6.01. The van der Waals surface area contributed by atoms with Crippen LogP contribution in [0.4, 0.5) is 0 Å². The van der Waals surface area contributed by atoms with Crippen LogP contribution in [0.1, 0.15) is 63.5 Å². The van der Waals surface area contributed by atoms with Crippen molar-refractivity contribution in [2.24, 2.45) is 5.92 Å². The first-order chi connectivity index (χ1) is 10.3. The SMILES string of the molecule is C[C@H](NC1CCCCC1C1CCCCN1)c1cccnc1. The van der Waals surface area contributed by atoms with E-state index in [4.69, 9.17) is 0 Å². The van der Waals surface area contributed by atoms with Crippen LogP contribution >= 0.6 is 0 Å². The number of rotatable bonds is 4. The van der Waals surface area contributed by atoms with Crippen molar-refractivity contribution in [3.8, 4) is 0 Å². The van der Waals surface area contributed by atoms with Gasteiger partial charge in [-0.2, -0.15) is 0 Å². The molecule has 1 aliphatic heterocycles. The van der Waals surface area contributed by atoms with Gasteiger partial charge >= 0.3 is 0 Å². The first kappa shape index (κ1) is 15.0. The summed E-state index contributed by atoms with van der Waals surface area (Å²) in [5, 5.41) is 7.68. The molecule has 0 spiro atoms. The first-order valence-corrected chi connectivity index (χ1v) is 8.74. The van der Waals surface area contributed by atoms with E-state index in [-0.39, 0.29) is 0 Å². The number of hydrogen-bond donors (Lipinski definition) is 2. The number of hydrogen-bond acceptors (Lipinski definition) is 3. The maximum Gasteiger partial charge on any atom is 0.0315 e. The molecule has 1 aromatic heterocycles. The van der Waals surface area contributed by atoms with Gasteiger partial charge in [0.15, 0.2) is 0 Å². The van der Waals surface area contributed by atoms with Crippen molar-refractivity contribution in [2.45, 2.75) is 70.0 Å². The highest BCUT2D eigenvalue weighted by Gasteiger charge is 2.33. The molecule has 116 valence electrons. The smallest absolute Gasteiger partial charge is 0.0315 e. The van der Waals surface area contributed by atoms with E-state index < -0.39 is 0 Å². The number of nitrogens with one attached hydrogen (secondary N) is 2. The third-order valence-electron chi connectivity index (χ3n) is 5.33. The Bertz CT molecular complexity index is 414. The minimum atomic E-state index is 0.396. The quantitative estimate of drug-likeness (QED) is 0.891. The maximum atomic E-state index is 4.26. The van der Waals surface area contributed by atoms with Crippen LogP contribution in [0.2, 0.25) is 0 Å². The monoisotopic (exact) mass is 287 g/mol. The lowest BCUT2D eigenvalue weighted by molar-refractivity contribution is 0.173. The fourth-order valence-corrected chi connectivity index (χ4v) is 4.14. The lowest BCUT2D eigenvalue weighted by Crippen LogP contribution is -2.51. The molecule has 21 heavy (non-hydrogen) atoms. The van der Waals surface area contributed by atoms with Crippen molar-refractivity contribution in [2.75, 3.05) is 6.54 Å². The Kier molecular flexibility index (Phi) is 5.26. The van der Waals surface area contributed by atoms with Gasteiger partial charge in [0, 0.05) is 30.5 Å². The summed E-state index contributed by atoms with van der Waals surface area (Å²) in [4.78, 5) is 4.26. The van der Waals surface area contributed by atoms with E-state index in [0.29, 0.717) is 12.1 Å². The summed E-state index contributed by atoms with van der Waals surface area (Å²) in [6.45, 7) is 3.49. The van der Waals surface area contributed by atoms with E-state index in [9.17, 15) is 0 Å². The Hall–Kier alpha value is -0.930. The molecule has 2 fully saturated rings. The van der Waals surface area contributed by atoms with Gasteiger partial charge in [-0.05, 0) is 56.7 Å². The van der Waals surface area contributed by atoms with Crippen molar-refractivity contribution >= 4 is 0 Å². The molecule has 1 aliphatic carbocycles. The van der Waals surface area contributed by atoms with Gasteiger partial charge in [-0.25, -0.2) is 0 Å².